The normalized spacial score (nSPS) is 13.8. The molecule has 4 heteroatoms. The van der Waals surface area contributed by atoms with Gasteiger partial charge in [0.2, 0.25) is 0 Å². The molecule has 1 aromatic carbocycles. The molecule has 1 aliphatic rings. The Hall–Kier alpha value is -0.840. The predicted octanol–water partition coefficient (Wildman–Crippen LogP) is 3.66. The maximum absolute atomic E-state index is 3.52. The summed E-state index contributed by atoms with van der Waals surface area (Å²) < 4.78 is 1.18. The highest BCUT2D eigenvalue weighted by molar-refractivity contribution is 9.10. The van der Waals surface area contributed by atoms with Crippen molar-refractivity contribution in [1.29, 1.82) is 0 Å². The van der Waals surface area contributed by atoms with E-state index >= 15 is 0 Å². The molecular formula is C15H17BrN2S. The number of benzene rings is 1. The quantitative estimate of drug-likeness (QED) is 0.838. The summed E-state index contributed by atoms with van der Waals surface area (Å²) in [6, 6.07) is 10.9. The van der Waals surface area contributed by atoms with Crippen molar-refractivity contribution in [2.45, 2.75) is 13.0 Å². The highest BCUT2D eigenvalue weighted by Gasteiger charge is 2.17. The highest BCUT2D eigenvalue weighted by atomic mass is 79.9. The molecule has 1 aliphatic heterocycles. The van der Waals surface area contributed by atoms with Gasteiger partial charge >= 0.3 is 0 Å². The number of thiophene rings is 1. The van der Waals surface area contributed by atoms with Crippen molar-refractivity contribution in [2.24, 2.45) is 0 Å². The van der Waals surface area contributed by atoms with Crippen LogP contribution in [0.4, 0.5) is 5.69 Å². The van der Waals surface area contributed by atoms with Gasteiger partial charge in [0.15, 0.2) is 0 Å². The van der Waals surface area contributed by atoms with E-state index in [4.69, 9.17) is 0 Å². The maximum atomic E-state index is 3.52. The molecule has 100 valence electrons. The Morgan fingerprint density at radius 1 is 1.32 bits per heavy atom. The molecule has 0 radical (unpaired) electrons. The van der Waals surface area contributed by atoms with E-state index in [9.17, 15) is 0 Å². The van der Waals surface area contributed by atoms with Gasteiger partial charge in [-0.3, -0.25) is 0 Å². The minimum atomic E-state index is 0.964. The zero-order valence-corrected chi connectivity index (χ0v) is 13.1. The molecule has 2 nitrogen and oxygen atoms in total. The van der Waals surface area contributed by atoms with Crippen LogP contribution in [0.1, 0.15) is 10.4 Å². The van der Waals surface area contributed by atoms with Crippen molar-refractivity contribution >= 4 is 33.0 Å². The molecule has 0 atom stereocenters. The summed E-state index contributed by atoms with van der Waals surface area (Å²) >= 11 is 5.29. The molecule has 0 spiro atoms. The van der Waals surface area contributed by atoms with Gasteiger partial charge in [0.1, 0.15) is 0 Å². The molecule has 0 fully saturated rings. The Morgan fingerprint density at radius 2 is 2.21 bits per heavy atom. The van der Waals surface area contributed by atoms with Crippen LogP contribution >= 0.6 is 27.3 Å². The average Bonchev–Trinajstić information content (AvgIpc) is 3.02. The number of fused-ring (bicyclic) bond motifs is 1. The summed E-state index contributed by atoms with van der Waals surface area (Å²) in [5.74, 6) is 0. The van der Waals surface area contributed by atoms with Crippen LogP contribution < -0.4 is 10.2 Å². The van der Waals surface area contributed by atoms with Crippen LogP contribution in [0.2, 0.25) is 0 Å². The van der Waals surface area contributed by atoms with E-state index in [2.05, 4.69) is 61.9 Å². The van der Waals surface area contributed by atoms with Gasteiger partial charge in [-0.2, -0.15) is 0 Å². The largest absolute Gasteiger partial charge is 0.370 e. The second kappa shape index (κ2) is 6.07. The number of hydrogen-bond donors (Lipinski definition) is 1. The number of halogens is 1. The number of nitrogens with zero attached hydrogens (tertiary/aromatic N) is 1. The first-order valence-electron chi connectivity index (χ1n) is 6.59. The van der Waals surface area contributed by atoms with Gasteiger partial charge in [-0.25, -0.2) is 0 Å². The smallest absolute Gasteiger partial charge is 0.0399 e. The number of rotatable bonds is 5. The fourth-order valence-corrected chi connectivity index (χ4v) is 3.93. The lowest BCUT2D eigenvalue weighted by Crippen LogP contribution is -2.30. The third kappa shape index (κ3) is 3.19. The first kappa shape index (κ1) is 13.2. The summed E-state index contributed by atoms with van der Waals surface area (Å²) in [4.78, 5) is 3.86. The topological polar surface area (TPSA) is 15.3 Å². The van der Waals surface area contributed by atoms with Crippen molar-refractivity contribution in [3.63, 3.8) is 0 Å². The minimum absolute atomic E-state index is 0.964. The monoisotopic (exact) mass is 336 g/mol. The van der Waals surface area contributed by atoms with E-state index in [1.165, 1.54) is 27.0 Å². The van der Waals surface area contributed by atoms with Crippen LogP contribution in [0.5, 0.6) is 0 Å². The lowest BCUT2D eigenvalue weighted by molar-refractivity contribution is 0.673. The SMILES string of the molecule is Brc1csc(CNCCN2CCc3ccccc32)c1. The standard InChI is InChI=1S/C15H17BrN2S/c16-13-9-14(19-11-13)10-17-6-8-18-7-5-12-3-1-2-4-15(12)18/h1-4,9,11,17H,5-8,10H2. The molecule has 3 rings (SSSR count). The van der Waals surface area contributed by atoms with Crippen molar-refractivity contribution in [2.75, 3.05) is 24.5 Å². The van der Waals surface area contributed by atoms with Crippen LogP contribution in [-0.4, -0.2) is 19.6 Å². The Bertz CT molecular complexity index is 553. The highest BCUT2D eigenvalue weighted by Crippen LogP contribution is 2.26. The third-order valence-electron chi connectivity index (χ3n) is 3.46. The summed E-state index contributed by atoms with van der Waals surface area (Å²) in [6.07, 6.45) is 1.19. The molecule has 1 N–H and O–H groups in total. The molecular weight excluding hydrogens is 320 g/mol. The summed E-state index contributed by atoms with van der Waals surface area (Å²) in [6.45, 7) is 4.24. The molecule has 0 amide bonds. The molecule has 2 heterocycles. The summed E-state index contributed by atoms with van der Waals surface area (Å²) in [5.41, 5.74) is 2.91. The van der Waals surface area contributed by atoms with Crippen molar-refractivity contribution in [3.05, 3.63) is 50.6 Å². The molecule has 2 aromatic rings. The number of hydrogen-bond acceptors (Lipinski definition) is 3. The van der Waals surface area contributed by atoms with E-state index in [0.717, 1.165) is 26.2 Å². The molecule has 0 saturated heterocycles. The maximum Gasteiger partial charge on any atom is 0.0399 e. The molecule has 1 aromatic heterocycles. The second-order valence-electron chi connectivity index (χ2n) is 4.77. The van der Waals surface area contributed by atoms with E-state index < -0.39 is 0 Å². The van der Waals surface area contributed by atoms with Gasteiger partial charge < -0.3 is 10.2 Å². The minimum Gasteiger partial charge on any atom is -0.370 e. The Labute approximate surface area is 126 Å². The summed E-state index contributed by atoms with van der Waals surface area (Å²) in [5, 5.41) is 5.65. The van der Waals surface area contributed by atoms with Crippen LogP contribution in [0.15, 0.2) is 40.2 Å². The molecule has 0 unspecified atom stereocenters. The number of nitrogens with one attached hydrogen (secondary N) is 1. The van der Waals surface area contributed by atoms with Crippen molar-refractivity contribution in [3.8, 4) is 0 Å². The van der Waals surface area contributed by atoms with E-state index in [1.54, 1.807) is 11.3 Å². The van der Waals surface area contributed by atoms with Gasteiger partial charge in [0, 0.05) is 46.6 Å². The van der Waals surface area contributed by atoms with E-state index in [-0.39, 0.29) is 0 Å². The zero-order chi connectivity index (χ0) is 13.1. The fraction of sp³-hybridized carbons (Fsp3) is 0.333. The van der Waals surface area contributed by atoms with Gasteiger partial charge in [-0.1, -0.05) is 18.2 Å². The van der Waals surface area contributed by atoms with Gasteiger partial charge in [-0.05, 0) is 40.0 Å². The third-order valence-corrected chi connectivity index (χ3v) is 5.16. The lowest BCUT2D eigenvalue weighted by atomic mass is 10.2. The van der Waals surface area contributed by atoms with Crippen LogP contribution in [0, 0.1) is 0 Å². The van der Waals surface area contributed by atoms with E-state index in [0.29, 0.717) is 0 Å². The number of anilines is 1. The molecule has 0 aliphatic carbocycles. The van der Waals surface area contributed by atoms with Crippen molar-refractivity contribution in [1.82, 2.24) is 5.32 Å². The van der Waals surface area contributed by atoms with Gasteiger partial charge in [0.05, 0.1) is 0 Å². The lowest BCUT2D eigenvalue weighted by Gasteiger charge is -2.19. The Balaban J connectivity index is 1.46. The van der Waals surface area contributed by atoms with Crippen LogP contribution in [0.25, 0.3) is 0 Å². The first-order chi connectivity index (χ1) is 9.33. The van der Waals surface area contributed by atoms with Crippen molar-refractivity contribution < 1.29 is 0 Å². The molecule has 0 saturated carbocycles. The predicted molar refractivity (Wildman–Crippen MR) is 86.1 cm³/mol. The average molecular weight is 337 g/mol. The van der Waals surface area contributed by atoms with Gasteiger partial charge in [-0.15, -0.1) is 11.3 Å². The first-order valence-corrected chi connectivity index (χ1v) is 8.27. The fourth-order valence-electron chi connectivity index (χ4n) is 2.51. The second-order valence-corrected chi connectivity index (χ2v) is 6.69. The van der Waals surface area contributed by atoms with Gasteiger partial charge in [0.25, 0.3) is 0 Å². The summed E-state index contributed by atoms with van der Waals surface area (Å²) in [7, 11) is 0. The number of para-hydroxylation sites is 1. The van der Waals surface area contributed by atoms with Crippen LogP contribution in [0.3, 0.4) is 0 Å². The van der Waals surface area contributed by atoms with E-state index in [1.807, 2.05) is 0 Å². The molecule has 0 bridgehead atoms. The zero-order valence-electron chi connectivity index (χ0n) is 10.7. The Kier molecular flexibility index (Phi) is 4.21. The molecule has 19 heavy (non-hydrogen) atoms. The Morgan fingerprint density at radius 3 is 3.05 bits per heavy atom. The van der Waals surface area contributed by atoms with Crippen LogP contribution in [-0.2, 0) is 13.0 Å².